The molecule has 0 aliphatic heterocycles. The third kappa shape index (κ3) is 1.12. The number of aromatic nitrogens is 2. The van der Waals surface area contributed by atoms with E-state index in [4.69, 9.17) is 0 Å². The molecule has 0 radical (unpaired) electrons. The molecule has 0 amide bonds. The first-order valence-electron chi connectivity index (χ1n) is 5.06. The molecule has 14 heavy (non-hydrogen) atoms. The number of nitrogens with zero attached hydrogens (tertiary/aromatic N) is 1. The molecule has 2 aliphatic carbocycles. The van der Waals surface area contributed by atoms with E-state index in [2.05, 4.69) is 22.1 Å². The van der Waals surface area contributed by atoms with Gasteiger partial charge in [-0.25, -0.2) is 4.98 Å². The molecule has 1 aromatic rings. The van der Waals surface area contributed by atoms with Crippen LogP contribution in [-0.2, 0) is 0 Å². The first-order valence-corrected chi connectivity index (χ1v) is 5.06. The highest BCUT2D eigenvalue weighted by Gasteiger charge is 2.37. The van der Waals surface area contributed by atoms with Crippen LogP contribution in [-0.4, -0.2) is 9.97 Å². The van der Waals surface area contributed by atoms with E-state index in [1.165, 1.54) is 12.7 Å². The summed E-state index contributed by atoms with van der Waals surface area (Å²) < 4.78 is 0. The van der Waals surface area contributed by atoms with Crippen LogP contribution in [0.25, 0.3) is 0 Å². The summed E-state index contributed by atoms with van der Waals surface area (Å²) in [6.45, 7) is 0. The lowest BCUT2D eigenvalue weighted by atomic mass is 9.90. The molecule has 0 aromatic carbocycles. The predicted molar refractivity (Wildman–Crippen MR) is 53.0 cm³/mol. The van der Waals surface area contributed by atoms with Crippen LogP contribution in [0.3, 0.4) is 0 Å². The molecule has 72 valence electrons. The molecule has 1 N–H and O–H groups in total. The number of hydrogen-bond donors (Lipinski definition) is 1. The van der Waals surface area contributed by atoms with E-state index >= 15 is 0 Å². The van der Waals surface area contributed by atoms with E-state index in [-0.39, 0.29) is 5.56 Å². The van der Waals surface area contributed by atoms with Gasteiger partial charge in [-0.05, 0) is 24.7 Å². The Morgan fingerprint density at radius 3 is 2.93 bits per heavy atom. The average Bonchev–Trinajstić information content (AvgIpc) is 2.78. The fourth-order valence-electron chi connectivity index (χ4n) is 2.71. The topological polar surface area (TPSA) is 45.8 Å². The van der Waals surface area contributed by atoms with Gasteiger partial charge in [0, 0.05) is 12.0 Å². The minimum absolute atomic E-state index is 0.0400. The van der Waals surface area contributed by atoms with Crippen molar-refractivity contribution < 1.29 is 0 Å². The number of rotatable bonds is 1. The molecular formula is C11H12N2O. The van der Waals surface area contributed by atoms with Crippen LogP contribution in [0, 0.1) is 11.8 Å². The third-order valence-electron chi connectivity index (χ3n) is 3.36. The summed E-state index contributed by atoms with van der Waals surface area (Å²) in [6.07, 6.45) is 8.50. The minimum Gasteiger partial charge on any atom is -0.313 e. The fourth-order valence-corrected chi connectivity index (χ4v) is 2.71. The lowest BCUT2D eigenvalue weighted by Crippen LogP contribution is -2.13. The molecule has 2 aliphatic rings. The maximum Gasteiger partial charge on any atom is 0.250 e. The van der Waals surface area contributed by atoms with Gasteiger partial charge in [-0.3, -0.25) is 4.79 Å². The molecular weight excluding hydrogens is 176 g/mol. The molecule has 3 atom stereocenters. The maximum absolute atomic E-state index is 11.1. The van der Waals surface area contributed by atoms with E-state index in [1.54, 1.807) is 6.07 Å². The Balaban J connectivity index is 1.97. The van der Waals surface area contributed by atoms with Gasteiger partial charge in [0.25, 0.3) is 5.56 Å². The van der Waals surface area contributed by atoms with Crippen LogP contribution in [0.15, 0.2) is 29.3 Å². The summed E-state index contributed by atoms with van der Waals surface area (Å²) in [6, 6.07) is 1.64. The van der Waals surface area contributed by atoms with Crippen molar-refractivity contribution in [2.75, 3.05) is 0 Å². The highest BCUT2D eigenvalue weighted by Crippen LogP contribution is 2.47. The first-order chi connectivity index (χ1) is 6.83. The van der Waals surface area contributed by atoms with Crippen LogP contribution < -0.4 is 5.56 Å². The number of fused-ring (bicyclic) bond motifs is 2. The van der Waals surface area contributed by atoms with Gasteiger partial charge in [-0.15, -0.1) is 0 Å². The molecule has 2 bridgehead atoms. The molecule has 0 spiro atoms. The fraction of sp³-hybridized carbons (Fsp3) is 0.455. The Morgan fingerprint density at radius 2 is 2.29 bits per heavy atom. The maximum atomic E-state index is 11.1. The Labute approximate surface area is 81.9 Å². The lowest BCUT2D eigenvalue weighted by molar-refractivity contribution is 0.568. The van der Waals surface area contributed by atoms with Gasteiger partial charge in [0.05, 0.1) is 12.0 Å². The molecule has 0 saturated heterocycles. The molecule has 1 heterocycles. The summed E-state index contributed by atoms with van der Waals surface area (Å²) in [5, 5.41) is 0. The molecule has 3 rings (SSSR count). The minimum atomic E-state index is -0.0400. The number of nitrogens with one attached hydrogen (secondary N) is 1. The van der Waals surface area contributed by atoms with Gasteiger partial charge in [0.1, 0.15) is 0 Å². The van der Waals surface area contributed by atoms with Gasteiger partial charge >= 0.3 is 0 Å². The van der Waals surface area contributed by atoms with Crippen LogP contribution >= 0.6 is 0 Å². The third-order valence-corrected chi connectivity index (χ3v) is 3.36. The van der Waals surface area contributed by atoms with Crippen molar-refractivity contribution in [1.29, 1.82) is 0 Å². The number of hydrogen-bond acceptors (Lipinski definition) is 2. The standard InChI is InChI=1S/C11H12N2O/c14-11-5-10(12-6-13-11)9-4-7-1-2-8(9)3-7/h1-2,5-9H,3-4H2,(H,12,13,14). The van der Waals surface area contributed by atoms with Gasteiger partial charge < -0.3 is 4.98 Å². The van der Waals surface area contributed by atoms with Crippen molar-refractivity contribution in [2.45, 2.75) is 18.8 Å². The first kappa shape index (κ1) is 7.97. The van der Waals surface area contributed by atoms with E-state index in [0.717, 1.165) is 18.0 Å². The van der Waals surface area contributed by atoms with Gasteiger partial charge in [0.2, 0.25) is 0 Å². The van der Waals surface area contributed by atoms with Crippen molar-refractivity contribution in [3.63, 3.8) is 0 Å². The highest BCUT2D eigenvalue weighted by molar-refractivity contribution is 5.21. The largest absolute Gasteiger partial charge is 0.313 e. The Morgan fingerprint density at radius 1 is 1.36 bits per heavy atom. The summed E-state index contributed by atoms with van der Waals surface area (Å²) in [7, 11) is 0. The van der Waals surface area contributed by atoms with Gasteiger partial charge in [0.15, 0.2) is 0 Å². The van der Waals surface area contributed by atoms with Crippen LogP contribution in [0.1, 0.15) is 24.5 Å². The second-order valence-electron chi connectivity index (χ2n) is 4.22. The van der Waals surface area contributed by atoms with Gasteiger partial charge in [-0.1, -0.05) is 12.2 Å². The second kappa shape index (κ2) is 2.80. The van der Waals surface area contributed by atoms with Crippen molar-refractivity contribution in [3.05, 3.63) is 40.6 Å². The molecule has 1 fully saturated rings. The highest BCUT2D eigenvalue weighted by atomic mass is 16.1. The van der Waals surface area contributed by atoms with E-state index in [1.807, 2.05) is 0 Å². The van der Waals surface area contributed by atoms with Crippen molar-refractivity contribution in [1.82, 2.24) is 9.97 Å². The number of H-pyrrole nitrogens is 1. The van der Waals surface area contributed by atoms with E-state index in [9.17, 15) is 4.79 Å². The Hall–Kier alpha value is -1.38. The summed E-state index contributed by atoms with van der Waals surface area (Å²) in [4.78, 5) is 17.9. The zero-order valence-corrected chi connectivity index (χ0v) is 7.81. The number of allylic oxidation sites excluding steroid dienone is 2. The van der Waals surface area contributed by atoms with Crippen molar-refractivity contribution in [2.24, 2.45) is 11.8 Å². The molecule has 3 unspecified atom stereocenters. The zero-order chi connectivity index (χ0) is 9.54. The summed E-state index contributed by atoms with van der Waals surface area (Å²) >= 11 is 0. The molecule has 1 aromatic heterocycles. The molecule has 3 heteroatoms. The Bertz CT molecular complexity index is 435. The quantitative estimate of drug-likeness (QED) is 0.678. The van der Waals surface area contributed by atoms with Crippen LogP contribution in [0.4, 0.5) is 0 Å². The molecule has 3 nitrogen and oxygen atoms in total. The predicted octanol–water partition coefficient (Wildman–Crippen LogP) is 1.45. The number of aromatic amines is 1. The monoisotopic (exact) mass is 188 g/mol. The lowest BCUT2D eigenvalue weighted by Gasteiger charge is -2.16. The normalized spacial score (nSPS) is 33.9. The van der Waals surface area contributed by atoms with Crippen molar-refractivity contribution in [3.8, 4) is 0 Å². The summed E-state index contributed by atoms with van der Waals surface area (Å²) in [5.74, 6) is 1.83. The van der Waals surface area contributed by atoms with Crippen LogP contribution in [0.2, 0.25) is 0 Å². The Kier molecular flexibility index (Phi) is 1.60. The second-order valence-corrected chi connectivity index (χ2v) is 4.22. The van der Waals surface area contributed by atoms with Gasteiger partial charge in [-0.2, -0.15) is 0 Å². The average molecular weight is 188 g/mol. The SMILES string of the molecule is O=c1cc(C2CC3C=CC2C3)nc[nH]1. The van der Waals surface area contributed by atoms with Crippen molar-refractivity contribution >= 4 is 0 Å². The summed E-state index contributed by atoms with van der Waals surface area (Å²) in [5.41, 5.74) is 0.923. The van der Waals surface area contributed by atoms with E-state index < -0.39 is 0 Å². The smallest absolute Gasteiger partial charge is 0.250 e. The zero-order valence-electron chi connectivity index (χ0n) is 7.81. The molecule has 1 saturated carbocycles. The van der Waals surface area contributed by atoms with Crippen LogP contribution in [0.5, 0.6) is 0 Å². The van der Waals surface area contributed by atoms with E-state index in [0.29, 0.717) is 11.8 Å².